The Morgan fingerprint density at radius 3 is 1.86 bits per heavy atom. The van der Waals surface area contributed by atoms with Gasteiger partial charge >= 0.3 is 18.0 Å². The molecule has 1 aliphatic heterocycles. The third-order valence-electron chi connectivity index (χ3n) is 4.95. The lowest BCUT2D eigenvalue weighted by Gasteiger charge is -2.28. The van der Waals surface area contributed by atoms with Crippen molar-refractivity contribution in [1.29, 1.82) is 0 Å². The molecule has 0 radical (unpaired) electrons. The summed E-state index contributed by atoms with van der Waals surface area (Å²) in [5, 5.41) is 0. The molecule has 28 heavy (non-hydrogen) atoms. The lowest BCUT2D eigenvalue weighted by Crippen LogP contribution is -2.51. The molecule has 1 rings (SSSR count). The summed E-state index contributed by atoms with van der Waals surface area (Å²) < 4.78 is 98.7. The first-order valence-electron chi connectivity index (χ1n) is 10.1. The minimum Gasteiger partial charge on any atom is -0.381 e. The zero-order valence-corrected chi connectivity index (χ0v) is 16.1. The largest absolute Gasteiger partial charge is 0.459 e. The second-order valence-electron chi connectivity index (χ2n) is 7.39. The molecule has 2 nitrogen and oxygen atoms in total. The lowest BCUT2D eigenvalue weighted by molar-refractivity contribution is -0.355. The summed E-state index contributed by atoms with van der Waals surface area (Å²) in [6.45, 7) is 2.23. The Balaban J connectivity index is 1.91. The monoisotopic (exact) mass is 424 g/mol. The maximum Gasteiger partial charge on any atom is 0.459 e. The standard InChI is InChI=1S/C19H31F7O2/c20-17(21,18(22,23)19(24,25)26)12-7-5-3-1-2-4-6-8-13-27-15-11-16-10-9-14-28-16/h16H,1-15H2. The average molecular weight is 424 g/mol. The normalized spacial score (nSPS) is 18.8. The third-order valence-corrected chi connectivity index (χ3v) is 4.95. The second-order valence-corrected chi connectivity index (χ2v) is 7.39. The van der Waals surface area contributed by atoms with E-state index < -0.39 is 24.4 Å². The van der Waals surface area contributed by atoms with Gasteiger partial charge in [-0.1, -0.05) is 38.5 Å². The summed E-state index contributed by atoms with van der Waals surface area (Å²) in [4.78, 5) is 0. The van der Waals surface area contributed by atoms with Gasteiger partial charge in [0.1, 0.15) is 0 Å². The van der Waals surface area contributed by atoms with E-state index in [0.717, 1.165) is 58.0 Å². The smallest absolute Gasteiger partial charge is 0.381 e. The maximum absolute atomic E-state index is 13.1. The molecule has 0 aromatic carbocycles. The van der Waals surface area contributed by atoms with Crippen molar-refractivity contribution >= 4 is 0 Å². The highest BCUT2D eigenvalue weighted by molar-refractivity contribution is 4.90. The van der Waals surface area contributed by atoms with Crippen LogP contribution >= 0.6 is 0 Å². The molecule has 1 aliphatic rings. The molecule has 0 aromatic rings. The first kappa shape index (κ1) is 25.5. The molecule has 1 atom stereocenters. The Kier molecular flexibility index (Phi) is 11.1. The Bertz CT molecular complexity index is 408. The average Bonchev–Trinajstić information content (AvgIpc) is 3.11. The Morgan fingerprint density at radius 1 is 0.750 bits per heavy atom. The van der Waals surface area contributed by atoms with Gasteiger partial charge in [-0.15, -0.1) is 0 Å². The van der Waals surface area contributed by atoms with E-state index in [2.05, 4.69) is 0 Å². The predicted octanol–water partition coefficient (Wildman–Crippen LogP) is 6.92. The van der Waals surface area contributed by atoms with Gasteiger partial charge in [0.25, 0.3) is 0 Å². The molecule has 0 aliphatic carbocycles. The van der Waals surface area contributed by atoms with Crippen molar-refractivity contribution in [2.24, 2.45) is 0 Å². The van der Waals surface area contributed by atoms with Gasteiger partial charge in [0.2, 0.25) is 0 Å². The molecule has 0 bridgehead atoms. The summed E-state index contributed by atoms with van der Waals surface area (Å²) in [6, 6.07) is 0. The van der Waals surface area contributed by atoms with Crippen LogP contribution in [0.2, 0.25) is 0 Å². The molecule has 9 heteroatoms. The van der Waals surface area contributed by atoms with E-state index in [9.17, 15) is 30.7 Å². The van der Waals surface area contributed by atoms with Crippen LogP contribution in [0.1, 0.15) is 77.0 Å². The van der Waals surface area contributed by atoms with E-state index in [1.54, 1.807) is 0 Å². The van der Waals surface area contributed by atoms with Crippen molar-refractivity contribution in [3.8, 4) is 0 Å². The van der Waals surface area contributed by atoms with Gasteiger partial charge in [0.05, 0.1) is 6.10 Å². The predicted molar refractivity (Wildman–Crippen MR) is 91.9 cm³/mol. The topological polar surface area (TPSA) is 18.5 Å². The summed E-state index contributed by atoms with van der Waals surface area (Å²) in [5.41, 5.74) is 0. The molecule has 0 spiro atoms. The summed E-state index contributed by atoms with van der Waals surface area (Å²) in [6.07, 6.45) is 0.710. The summed E-state index contributed by atoms with van der Waals surface area (Å²) in [5.74, 6) is -11.0. The van der Waals surface area contributed by atoms with Gasteiger partial charge < -0.3 is 9.47 Å². The Hall–Kier alpha value is -0.570. The van der Waals surface area contributed by atoms with Crippen LogP contribution in [0, 0.1) is 0 Å². The van der Waals surface area contributed by atoms with Crippen molar-refractivity contribution in [3.05, 3.63) is 0 Å². The minimum atomic E-state index is -6.23. The molecule has 1 saturated heterocycles. The molecule has 1 unspecified atom stereocenters. The van der Waals surface area contributed by atoms with Crippen LogP contribution in [0.15, 0.2) is 0 Å². The molecular weight excluding hydrogens is 393 g/mol. The zero-order chi connectivity index (χ0) is 21.1. The Labute approximate surface area is 162 Å². The summed E-state index contributed by atoms with van der Waals surface area (Å²) in [7, 11) is 0. The molecular formula is C19H31F7O2. The molecule has 1 heterocycles. The fourth-order valence-corrected chi connectivity index (χ4v) is 3.17. The van der Waals surface area contributed by atoms with Crippen molar-refractivity contribution in [2.45, 2.75) is 101 Å². The molecule has 168 valence electrons. The SMILES string of the molecule is FC(F)(F)C(F)(F)C(F)(F)CCCCCCCCCCOCCC1CCCO1. The van der Waals surface area contributed by atoms with Crippen LogP contribution in [0.3, 0.4) is 0 Å². The number of halogens is 7. The van der Waals surface area contributed by atoms with Crippen LogP contribution < -0.4 is 0 Å². The quantitative estimate of drug-likeness (QED) is 0.210. The highest BCUT2D eigenvalue weighted by atomic mass is 19.4. The zero-order valence-electron chi connectivity index (χ0n) is 16.1. The van der Waals surface area contributed by atoms with Gasteiger partial charge in [0, 0.05) is 26.2 Å². The molecule has 0 saturated carbocycles. The first-order valence-corrected chi connectivity index (χ1v) is 10.1. The number of alkyl halides is 7. The van der Waals surface area contributed by atoms with Crippen molar-refractivity contribution in [1.82, 2.24) is 0 Å². The summed E-state index contributed by atoms with van der Waals surface area (Å²) >= 11 is 0. The van der Waals surface area contributed by atoms with Gasteiger partial charge in [-0.25, -0.2) is 0 Å². The lowest BCUT2D eigenvalue weighted by atomic mass is 10.0. The van der Waals surface area contributed by atoms with E-state index in [4.69, 9.17) is 9.47 Å². The molecule has 0 N–H and O–H groups in total. The van der Waals surface area contributed by atoms with Gasteiger partial charge in [-0.05, 0) is 32.1 Å². The fraction of sp³-hybridized carbons (Fsp3) is 1.00. The molecule has 0 amide bonds. The van der Waals surface area contributed by atoms with Crippen molar-refractivity contribution in [2.75, 3.05) is 19.8 Å². The van der Waals surface area contributed by atoms with Crippen LogP contribution in [-0.4, -0.2) is 43.9 Å². The molecule has 0 aromatic heterocycles. The van der Waals surface area contributed by atoms with Gasteiger partial charge in [0.15, 0.2) is 0 Å². The van der Waals surface area contributed by atoms with E-state index >= 15 is 0 Å². The number of unbranched alkanes of at least 4 members (excludes halogenated alkanes) is 7. The Morgan fingerprint density at radius 2 is 1.32 bits per heavy atom. The number of hydrogen-bond donors (Lipinski definition) is 0. The highest BCUT2D eigenvalue weighted by Gasteiger charge is 2.72. The first-order chi connectivity index (χ1) is 13.1. The second kappa shape index (κ2) is 12.2. The minimum absolute atomic E-state index is 0.218. The number of rotatable bonds is 15. The number of hydrogen-bond acceptors (Lipinski definition) is 2. The maximum atomic E-state index is 13.1. The van der Waals surface area contributed by atoms with Gasteiger partial charge in [-0.3, -0.25) is 0 Å². The fourth-order valence-electron chi connectivity index (χ4n) is 3.17. The van der Waals surface area contributed by atoms with Gasteiger partial charge in [-0.2, -0.15) is 30.7 Å². The third kappa shape index (κ3) is 8.84. The van der Waals surface area contributed by atoms with Crippen LogP contribution in [0.4, 0.5) is 30.7 Å². The van der Waals surface area contributed by atoms with Crippen LogP contribution in [-0.2, 0) is 9.47 Å². The van der Waals surface area contributed by atoms with E-state index in [1.165, 1.54) is 0 Å². The van der Waals surface area contributed by atoms with Crippen LogP contribution in [0.25, 0.3) is 0 Å². The van der Waals surface area contributed by atoms with E-state index in [1.807, 2.05) is 0 Å². The van der Waals surface area contributed by atoms with E-state index in [0.29, 0.717) is 25.7 Å². The number of ether oxygens (including phenoxy) is 2. The van der Waals surface area contributed by atoms with Crippen molar-refractivity contribution in [3.63, 3.8) is 0 Å². The molecule has 1 fully saturated rings. The highest BCUT2D eigenvalue weighted by Crippen LogP contribution is 2.48. The van der Waals surface area contributed by atoms with Crippen LogP contribution in [0.5, 0.6) is 0 Å². The van der Waals surface area contributed by atoms with E-state index in [-0.39, 0.29) is 12.8 Å². The van der Waals surface area contributed by atoms with Crippen molar-refractivity contribution < 1.29 is 40.2 Å².